The number of ether oxygens (including phenoxy) is 1. The van der Waals surface area contributed by atoms with Gasteiger partial charge in [0.25, 0.3) is 0 Å². The molecule has 1 unspecified atom stereocenters. The molecule has 2 rings (SSSR count). The van der Waals surface area contributed by atoms with Gasteiger partial charge in [0.1, 0.15) is 23.7 Å². The summed E-state index contributed by atoms with van der Waals surface area (Å²) in [5, 5.41) is 18.3. The molecule has 0 N–H and O–H groups in total. The summed E-state index contributed by atoms with van der Waals surface area (Å²) in [7, 11) is 1.31. The smallest absolute Gasteiger partial charge is 0.334 e. The first-order valence-electron chi connectivity index (χ1n) is 6.59. The van der Waals surface area contributed by atoms with Crippen LogP contribution >= 0.6 is 11.6 Å². The number of terminal acetylenes is 1. The van der Waals surface area contributed by atoms with Crippen LogP contribution in [0.1, 0.15) is 18.3 Å². The summed E-state index contributed by atoms with van der Waals surface area (Å²) in [6.07, 6.45) is 4.59. The third-order valence-corrected chi connectivity index (χ3v) is 3.55. The van der Waals surface area contributed by atoms with Crippen LogP contribution in [0.4, 0.5) is 4.39 Å². The van der Waals surface area contributed by atoms with Gasteiger partial charge in [0.05, 0.1) is 10.7 Å². The van der Waals surface area contributed by atoms with Crippen molar-refractivity contribution in [1.29, 1.82) is 10.5 Å². The molecular formula is C16H10ClFN4O2. The maximum absolute atomic E-state index is 14.3. The van der Waals surface area contributed by atoms with Crippen molar-refractivity contribution in [2.45, 2.75) is 13.0 Å². The Kier molecular flexibility index (Phi) is 4.64. The molecule has 1 aromatic heterocycles. The Morgan fingerprint density at radius 2 is 1.96 bits per heavy atom. The zero-order valence-electron chi connectivity index (χ0n) is 12.7. The summed E-state index contributed by atoms with van der Waals surface area (Å²) in [6.45, 7) is 1.59. The van der Waals surface area contributed by atoms with Crippen LogP contribution in [0.5, 0.6) is 5.75 Å². The highest BCUT2D eigenvalue weighted by molar-refractivity contribution is 6.32. The van der Waals surface area contributed by atoms with Crippen LogP contribution in [-0.4, -0.2) is 15.2 Å². The molecule has 6 nitrogen and oxygen atoms in total. The largest absolute Gasteiger partial charge is 0.476 e. The molecule has 0 aliphatic carbocycles. The Balaban J connectivity index is 2.78. The minimum Gasteiger partial charge on any atom is -0.476 e. The van der Waals surface area contributed by atoms with Crippen LogP contribution in [0.15, 0.2) is 16.9 Å². The number of nitrogens with zero attached hydrogens (tertiary/aromatic N) is 4. The van der Waals surface area contributed by atoms with Crippen molar-refractivity contribution in [3.05, 3.63) is 44.8 Å². The summed E-state index contributed by atoms with van der Waals surface area (Å²) in [6, 6.07) is 5.59. The predicted octanol–water partition coefficient (Wildman–Crippen LogP) is 2.11. The second-order valence-corrected chi connectivity index (χ2v) is 5.17. The molecule has 0 fully saturated rings. The average Bonchev–Trinajstić information content (AvgIpc) is 2.80. The van der Waals surface area contributed by atoms with Crippen molar-refractivity contribution in [3.8, 4) is 35.9 Å². The molecule has 120 valence electrons. The minimum absolute atomic E-state index is 0.0404. The molecule has 0 saturated heterocycles. The lowest BCUT2D eigenvalue weighted by molar-refractivity contribution is 0.278. The summed E-state index contributed by atoms with van der Waals surface area (Å²) in [5.74, 6) is 1.53. The van der Waals surface area contributed by atoms with Crippen LogP contribution < -0.4 is 10.4 Å². The van der Waals surface area contributed by atoms with Crippen molar-refractivity contribution in [2.75, 3.05) is 0 Å². The molecule has 1 atom stereocenters. The zero-order chi connectivity index (χ0) is 18.0. The molecule has 0 aliphatic heterocycles. The number of imidazole rings is 1. The van der Waals surface area contributed by atoms with Gasteiger partial charge in [0, 0.05) is 13.1 Å². The van der Waals surface area contributed by atoms with E-state index in [0.29, 0.717) is 0 Å². The van der Waals surface area contributed by atoms with Gasteiger partial charge < -0.3 is 4.74 Å². The van der Waals surface area contributed by atoms with E-state index < -0.39 is 17.6 Å². The van der Waals surface area contributed by atoms with Gasteiger partial charge in [0.15, 0.2) is 17.5 Å². The predicted molar refractivity (Wildman–Crippen MR) is 84.3 cm³/mol. The van der Waals surface area contributed by atoms with E-state index in [0.717, 1.165) is 21.3 Å². The van der Waals surface area contributed by atoms with Crippen molar-refractivity contribution in [1.82, 2.24) is 9.13 Å². The maximum Gasteiger partial charge on any atom is 0.334 e. The Hall–Kier alpha value is -3.21. The molecule has 1 aromatic carbocycles. The van der Waals surface area contributed by atoms with Crippen LogP contribution in [-0.2, 0) is 7.05 Å². The van der Waals surface area contributed by atoms with Crippen LogP contribution in [0, 0.1) is 40.8 Å². The first-order valence-corrected chi connectivity index (χ1v) is 6.97. The molecule has 0 radical (unpaired) electrons. The monoisotopic (exact) mass is 344 g/mol. The van der Waals surface area contributed by atoms with Crippen molar-refractivity contribution in [2.24, 2.45) is 7.05 Å². The van der Waals surface area contributed by atoms with Crippen LogP contribution in [0.3, 0.4) is 0 Å². The standard InChI is InChI=1S/C16H10ClFN4O2/c1-4-9(2)24-15-6-12(11(18)5-10(15)17)22-14(8-20)13(7-19)21(3)16(22)23/h1,5-6,9H,2-3H3. The number of halogens is 2. The van der Waals surface area contributed by atoms with Gasteiger partial charge in [-0.2, -0.15) is 10.5 Å². The molecular weight excluding hydrogens is 335 g/mol. The van der Waals surface area contributed by atoms with Crippen LogP contribution in [0.25, 0.3) is 5.69 Å². The van der Waals surface area contributed by atoms with Crippen molar-refractivity contribution < 1.29 is 9.13 Å². The van der Waals surface area contributed by atoms with Gasteiger partial charge in [-0.15, -0.1) is 6.42 Å². The number of rotatable bonds is 3. The van der Waals surface area contributed by atoms with Gasteiger partial charge in [-0.25, -0.2) is 13.8 Å². The topological polar surface area (TPSA) is 83.7 Å². The van der Waals surface area contributed by atoms with Gasteiger partial charge >= 0.3 is 5.69 Å². The van der Waals surface area contributed by atoms with Gasteiger partial charge in [-0.1, -0.05) is 17.5 Å². The van der Waals surface area contributed by atoms with Crippen molar-refractivity contribution >= 4 is 11.6 Å². The second-order valence-electron chi connectivity index (χ2n) is 4.76. The van der Waals surface area contributed by atoms with E-state index in [-0.39, 0.29) is 27.8 Å². The second kappa shape index (κ2) is 6.50. The number of hydrogen-bond donors (Lipinski definition) is 0. The highest BCUT2D eigenvalue weighted by Crippen LogP contribution is 2.30. The average molecular weight is 345 g/mol. The number of benzene rings is 1. The van der Waals surface area contributed by atoms with Gasteiger partial charge in [0.2, 0.25) is 0 Å². The van der Waals surface area contributed by atoms with E-state index in [2.05, 4.69) is 5.92 Å². The normalized spacial score (nSPS) is 11.2. The maximum atomic E-state index is 14.3. The summed E-state index contributed by atoms with van der Waals surface area (Å²) < 4.78 is 21.5. The quantitative estimate of drug-likeness (QED) is 0.798. The van der Waals surface area contributed by atoms with Crippen LogP contribution in [0.2, 0.25) is 5.02 Å². The third-order valence-electron chi connectivity index (χ3n) is 3.25. The van der Waals surface area contributed by atoms with E-state index >= 15 is 0 Å². The first kappa shape index (κ1) is 17.1. The molecule has 0 bridgehead atoms. The molecule has 8 heteroatoms. The number of nitriles is 2. The fourth-order valence-corrected chi connectivity index (χ4v) is 2.26. The fourth-order valence-electron chi connectivity index (χ4n) is 2.06. The lowest BCUT2D eigenvalue weighted by atomic mass is 10.2. The van der Waals surface area contributed by atoms with E-state index in [1.165, 1.54) is 7.05 Å². The third kappa shape index (κ3) is 2.72. The van der Waals surface area contributed by atoms with E-state index in [1.54, 1.807) is 19.1 Å². The molecule has 24 heavy (non-hydrogen) atoms. The van der Waals surface area contributed by atoms with Gasteiger partial charge in [-0.3, -0.25) is 4.57 Å². The highest BCUT2D eigenvalue weighted by Gasteiger charge is 2.22. The van der Waals surface area contributed by atoms with E-state index in [9.17, 15) is 14.4 Å². The van der Waals surface area contributed by atoms with Crippen molar-refractivity contribution in [3.63, 3.8) is 0 Å². The van der Waals surface area contributed by atoms with E-state index in [1.807, 2.05) is 0 Å². The molecule has 0 aliphatic rings. The lowest BCUT2D eigenvalue weighted by Crippen LogP contribution is -2.23. The first-order chi connectivity index (χ1) is 11.3. The Morgan fingerprint density at radius 3 is 2.50 bits per heavy atom. The lowest BCUT2D eigenvalue weighted by Gasteiger charge is -2.13. The summed E-state index contributed by atoms with van der Waals surface area (Å²) >= 11 is 5.92. The minimum atomic E-state index is -0.852. The SMILES string of the molecule is C#CC(C)Oc1cc(-n2c(C#N)c(C#N)n(C)c2=O)c(F)cc1Cl. The summed E-state index contributed by atoms with van der Waals surface area (Å²) in [5.41, 5.74) is -1.49. The number of aromatic nitrogens is 2. The Bertz CT molecular complexity index is 1000. The molecule has 0 saturated carbocycles. The number of hydrogen-bond acceptors (Lipinski definition) is 4. The molecule has 0 amide bonds. The van der Waals surface area contributed by atoms with Gasteiger partial charge in [-0.05, 0) is 13.0 Å². The Morgan fingerprint density at radius 1 is 1.33 bits per heavy atom. The molecule has 1 heterocycles. The summed E-state index contributed by atoms with van der Waals surface area (Å²) in [4.78, 5) is 12.3. The molecule has 0 spiro atoms. The van der Waals surface area contributed by atoms with E-state index in [4.69, 9.17) is 28.0 Å². The molecule has 2 aromatic rings. The fraction of sp³-hybridized carbons (Fsp3) is 0.188. The highest BCUT2D eigenvalue weighted by atomic mass is 35.5. The Labute approximate surface area is 141 Å². The zero-order valence-corrected chi connectivity index (χ0v) is 13.4.